The predicted molar refractivity (Wildman–Crippen MR) is 65.9 cm³/mol. The van der Waals surface area contributed by atoms with Crippen LogP contribution in [-0.2, 0) is 4.79 Å². The molecule has 0 aliphatic heterocycles. The van der Waals surface area contributed by atoms with Crippen LogP contribution in [0.4, 0.5) is 0 Å². The van der Waals surface area contributed by atoms with Crippen molar-refractivity contribution in [3.8, 4) is 0 Å². The molecule has 3 N–H and O–H groups in total. The van der Waals surface area contributed by atoms with E-state index in [9.17, 15) is 4.79 Å². The van der Waals surface area contributed by atoms with Crippen molar-refractivity contribution >= 4 is 17.7 Å². The maximum absolute atomic E-state index is 11.9. The molecule has 0 aromatic heterocycles. The zero-order valence-electron chi connectivity index (χ0n) is 9.93. The van der Waals surface area contributed by atoms with Gasteiger partial charge in [0.1, 0.15) is 0 Å². The van der Waals surface area contributed by atoms with E-state index in [0.29, 0.717) is 6.54 Å². The Morgan fingerprint density at radius 3 is 2.47 bits per heavy atom. The van der Waals surface area contributed by atoms with Gasteiger partial charge in [-0.3, -0.25) is 4.79 Å². The van der Waals surface area contributed by atoms with E-state index in [2.05, 4.69) is 25.4 Å². The molecule has 3 nitrogen and oxygen atoms in total. The fourth-order valence-electron chi connectivity index (χ4n) is 1.68. The van der Waals surface area contributed by atoms with Crippen LogP contribution >= 0.6 is 11.8 Å². The normalized spacial score (nSPS) is 19.5. The summed E-state index contributed by atoms with van der Waals surface area (Å²) in [6.07, 6.45) is 5.11. The van der Waals surface area contributed by atoms with Crippen LogP contribution in [0.1, 0.15) is 33.1 Å². The molecule has 0 radical (unpaired) electrons. The average molecular weight is 230 g/mol. The van der Waals surface area contributed by atoms with Crippen molar-refractivity contribution in [1.82, 2.24) is 5.32 Å². The SMILES string of the molecule is CSC(C)(C)CNC(=O)C1(CN)CCC1. The molecule has 0 spiro atoms. The molecule has 0 aromatic rings. The first-order chi connectivity index (χ1) is 6.96. The first kappa shape index (κ1) is 12.8. The summed E-state index contributed by atoms with van der Waals surface area (Å²) in [5.41, 5.74) is 5.43. The van der Waals surface area contributed by atoms with Gasteiger partial charge in [0.15, 0.2) is 0 Å². The summed E-state index contributed by atoms with van der Waals surface area (Å²) < 4.78 is 0.106. The van der Waals surface area contributed by atoms with Gasteiger partial charge >= 0.3 is 0 Å². The third-order valence-corrected chi connectivity index (χ3v) is 4.66. The molecule has 0 aromatic carbocycles. The van der Waals surface area contributed by atoms with Crippen molar-refractivity contribution in [3.63, 3.8) is 0 Å². The van der Waals surface area contributed by atoms with E-state index in [1.165, 1.54) is 0 Å². The molecular formula is C11H22N2OS. The van der Waals surface area contributed by atoms with Crippen molar-refractivity contribution in [1.29, 1.82) is 0 Å². The quantitative estimate of drug-likeness (QED) is 0.750. The first-order valence-corrected chi connectivity index (χ1v) is 6.72. The molecule has 0 bridgehead atoms. The van der Waals surface area contributed by atoms with Gasteiger partial charge in [-0.15, -0.1) is 0 Å². The Morgan fingerprint density at radius 1 is 1.53 bits per heavy atom. The van der Waals surface area contributed by atoms with E-state index in [4.69, 9.17) is 5.73 Å². The van der Waals surface area contributed by atoms with Gasteiger partial charge in [0.05, 0.1) is 5.41 Å². The molecule has 1 amide bonds. The Morgan fingerprint density at radius 2 is 2.13 bits per heavy atom. The van der Waals surface area contributed by atoms with E-state index in [1.807, 2.05) is 0 Å². The third kappa shape index (κ3) is 2.88. The molecule has 1 aliphatic rings. The van der Waals surface area contributed by atoms with E-state index in [0.717, 1.165) is 25.8 Å². The van der Waals surface area contributed by atoms with Crippen molar-refractivity contribution < 1.29 is 4.79 Å². The van der Waals surface area contributed by atoms with Crippen LogP contribution in [0.25, 0.3) is 0 Å². The number of amides is 1. The van der Waals surface area contributed by atoms with Gasteiger partial charge in [-0.05, 0) is 32.9 Å². The monoisotopic (exact) mass is 230 g/mol. The Kier molecular flexibility index (Phi) is 4.06. The van der Waals surface area contributed by atoms with Crippen LogP contribution < -0.4 is 11.1 Å². The fourth-order valence-corrected chi connectivity index (χ4v) is 1.90. The Bertz CT molecular complexity index is 231. The van der Waals surface area contributed by atoms with Crippen LogP contribution in [0, 0.1) is 5.41 Å². The number of thioether (sulfide) groups is 1. The summed E-state index contributed by atoms with van der Waals surface area (Å²) in [5, 5.41) is 3.03. The molecule has 1 saturated carbocycles. The fraction of sp³-hybridized carbons (Fsp3) is 0.909. The number of rotatable bonds is 5. The number of carbonyl (C=O) groups is 1. The van der Waals surface area contributed by atoms with E-state index >= 15 is 0 Å². The maximum Gasteiger partial charge on any atom is 0.227 e. The molecule has 15 heavy (non-hydrogen) atoms. The predicted octanol–water partition coefficient (Wildman–Crippen LogP) is 1.37. The van der Waals surface area contributed by atoms with Crippen LogP contribution in [0.5, 0.6) is 0 Å². The number of carbonyl (C=O) groups excluding carboxylic acids is 1. The van der Waals surface area contributed by atoms with Crippen LogP contribution in [0.15, 0.2) is 0 Å². The standard InChI is InChI=1S/C11H22N2OS/c1-10(2,15-3)8-13-9(14)11(7-12)5-4-6-11/h4-8,12H2,1-3H3,(H,13,14). The maximum atomic E-state index is 11.9. The highest BCUT2D eigenvalue weighted by atomic mass is 32.2. The molecule has 0 heterocycles. The lowest BCUT2D eigenvalue weighted by atomic mass is 9.68. The molecule has 1 aliphatic carbocycles. The van der Waals surface area contributed by atoms with E-state index in [1.54, 1.807) is 11.8 Å². The number of hydrogen-bond donors (Lipinski definition) is 2. The van der Waals surface area contributed by atoms with Gasteiger partial charge in [0.25, 0.3) is 0 Å². The molecule has 88 valence electrons. The van der Waals surface area contributed by atoms with Crippen molar-refractivity contribution in [2.75, 3.05) is 19.3 Å². The molecule has 0 unspecified atom stereocenters. The summed E-state index contributed by atoms with van der Waals surface area (Å²) in [5.74, 6) is 0.151. The lowest BCUT2D eigenvalue weighted by molar-refractivity contribution is -0.135. The summed E-state index contributed by atoms with van der Waals surface area (Å²) in [6, 6.07) is 0. The molecular weight excluding hydrogens is 208 g/mol. The first-order valence-electron chi connectivity index (χ1n) is 5.49. The molecule has 1 fully saturated rings. The van der Waals surface area contributed by atoms with Crippen LogP contribution in [0.3, 0.4) is 0 Å². The molecule has 0 atom stereocenters. The van der Waals surface area contributed by atoms with Gasteiger partial charge in [0.2, 0.25) is 5.91 Å². The molecule has 0 saturated heterocycles. The number of hydrogen-bond acceptors (Lipinski definition) is 3. The average Bonchev–Trinajstić information content (AvgIpc) is 2.14. The number of nitrogens with two attached hydrogens (primary N) is 1. The Hall–Kier alpha value is -0.220. The lowest BCUT2D eigenvalue weighted by Crippen LogP contribution is -2.52. The van der Waals surface area contributed by atoms with Gasteiger partial charge in [-0.2, -0.15) is 11.8 Å². The second-order valence-corrected chi connectivity index (χ2v) is 6.50. The van der Waals surface area contributed by atoms with Gasteiger partial charge in [-0.1, -0.05) is 6.42 Å². The zero-order chi connectivity index (χ0) is 11.5. The smallest absolute Gasteiger partial charge is 0.227 e. The second-order valence-electron chi connectivity index (χ2n) is 4.98. The van der Waals surface area contributed by atoms with Crippen molar-refractivity contribution in [2.45, 2.75) is 37.9 Å². The summed E-state index contributed by atoms with van der Waals surface area (Å²) in [6.45, 7) is 5.47. The van der Waals surface area contributed by atoms with Crippen LogP contribution in [-0.4, -0.2) is 30.0 Å². The summed E-state index contributed by atoms with van der Waals surface area (Å²) in [4.78, 5) is 11.9. The van der Waals surface area contributed by atoms with Crippen molar-refractivity contribution in [2.24, 2.45) is 11.1 Å². The van der Waals surface area contributed by atoms with Gasteiger partial charge in [0, 0.05) is 17.8 Å². The highest BCUT2D eigenvalue weighted by molar-refractivity contribution is 7.99. The number of nitrogens with one attached hydrogen (secondary N) is 1. The van der Waals surface area contributed by atoms with Gasteiger partial charge < -0.3 is 11.1 Å². The van der Waals surface area contributed by atoms with Crippen LogP contribution in [0.2, 0.25) is 0 Å². The minimum absolute atomic E-state index is 0.106. The van der Waals surface area contributed by atoms with E-state index < -0.39 is 0 Å². The Labute approximate surface area is 96.6 Å². The van der Waals surface area contributed by atoms with Crippen molar-refractivity contribution in [3.05, 3.63) is 0 Å². The highest BCUT2D eigenvalue weighted by Crippen LogP contribution is 2.40. The minimum Gasteiger partial charge on any atom is -0.354 e. The lowest BCUT2D eigenvalue weighted by Gasteiger charge is -2.39. The zero-order valence-corrected chi connectivity index (χ0v) is 10.7. The Balaban J connectivity index is 2.42. The summed E-state index contributed by atoms with van der Waals surface area (Å²) >= 11 is 1.77. The minimum atomic E-state index is -0.242. The third-order valence-electron chi connectivity index (χ3n) is 3.41. The second kappa shape index (κ2) is 4.74. The molecule has 4 heteroatoms. The largest absolute Gasteiger partial charge is 0.354 e. The van der Waals surface area contributed by atoms with E-state index in [-0.39, 0.29) is 16.1 Å². The molecule has 1 rings (SSSR count). The highest BCUT2D eigenvalue weighted by Gasteiger charge is 2.42. The van der Waals surface area contributed by atoms with Gasteiger partial charge in [-0.25, -0.2) is 0 Å². The summed E-state index contributed by atoms with van der Waals surface area (Å²) in [7, 11) is 0. The topological polar surface area (TPSA) is 55.1 Å².